The van der Waals surface area contributed by atoms with Gasteiger partial charge in [0.2, 0.25) is 0 Å². The first-order valence-corrected chi connectivity index (χ1v) is 6.40. The summed E-state index contributed by atoms with van der Waals surface area (Å²) in [6, 6.07) is 4.90. The van der Waals surface area contributed by atoms with Crippen LogP contribution < -0.4 is 5.56 Å². The molecular weight excluding hydrogens is 258 g/mol. The minimum atomic E-state index is -0.416. The third-order valence-electron chi connectivity index (χ3n) is 3.23. The lowest BCUT2D eigenvalue weighted by Crippen LogP contribution is -2.21. The van der Waals surface area contributed by atoms with E-state index in [0.717, 1.165) is 5.56 Å². The molecule has 5 heteroatoms. The largest absolute Gasteiger partial charge is 0.465 e. The number of aromatic nitrogens is 1. The van der Waals surface area contributed by atoms with Gasteiger partial charge in [-0.2, -0.15) is 0 Å². The van der Waals surface area contributed by atoms with Crippen molar-refractivity contribution in [1.82, 2.24) is 4.57 Å². The fraction of sp³-hybridized carbons (Fsp3) is 0.333. The van der Waals surface area contributed by atoms with Crippen LogP contribution in [0.5, 0.6) is 0 Å². The summed E-state index contributed by atoms with van der Waals surface area (Å²) in [5.74, 6) is 0.858. The Balaban J connectivity index is 2.00. The lowest BCUT2D eigenvalue weighted by molar-refractivity contribution is 0.0487. The van der Waals surface area contributed by atoms with E-state index in [-0.39, 0.29) is 12.2 Å². The maximum absolute atomic E-state index is 12.0. The highest BCUT2D eigenvalue weighted by Gasteiger charge is 2.19. The zero-order valence-electron chi connectivity index (χ0n) is 11.8. The van der Waals surface area contributed by atoms with Gasteiger partial charge < -0.3 is 13.7 Å². The number of aryl methyl sites for hydroxylation is 2. The number of nitrogens with zero attached hydrogens (tertiary/aromatic N) is 1. The van der Waals surface area contributed by atoms with Crippen LogP contribution in [0.1, 0.15) is 27.4 Å². The molecule has 20 heavy (non-hydrogen) atoms. The van der Waals surface area contributed by atoms with Crippen LogP contribution in [0.25, 0.3) is 0 Å². The van der Waals surface area contributed by atoms with Gasteiger partial charge in [0, 0.05) is 17.8 Å². The Morgan fingerprint density at radius 1 is 1.25 bits per heavy atom. The van der Waals surface area contributed by atoms with E-state index in [1.165, 1.54) is 10.6 Å². The second-order valence-electron chi connectivity index (χ2n) is 4.58. The van der Waals surface area contributed by atoms with Gasteiger partial charge in [-0.05, 0) is 26.8 Å². The summed E-state index contributed by atoms with van der Waals surface area (Å²) in [6.45, 7) is 5.84. The molecule has 0 atom stereocenters. The summed E-state index contributed by atoms with van der Waals surface area (Å²) in [5.41, 5.74) is 1.15. The molecule has 0 saturated carbocycles. The standard InChI is InChI=1S/C15H17NO4/c1-10-11(2)20-12(3)14(10)15(18)19-9-8-16-7-5-4-6-13(16)17/h4-7H,8-9H2,1-3H3. The van der Waals surface area contributed by atoms with Gasteiger partial charge in [-0.3, -0.25) is 4.79 Å². The topological polar surface area (TPSA) is 61.4 Å². The number of carbonyl (C=O) groups excluding carboxylic acids is 1. The van der Waals surface area contributed by atoms with Crippen molar-refractivity contribution in [1.29, 1.82) is 0 Å². The van der Waals surface area contributed by atoms with Crippen LogP contribution in [0.15, 0.2) is 33.6 Å². The molecular formula is C15H17NO4. The quantitative estimate of drug-likeness (QED) is 0.803. The Morgan fingerprint density at radius 3 is 2.60 bits per heavy atom. The molecule has 0 aliphatic heterocycles. The van der Waals surface area contributed by atoms with Crippen molar-refractivity contribution in [3.8, 4) is 0 Å². The van der Waals surface area contributed by atoms with E-state index in [9.17, 15) is 9.59 Å². The predicted octanol–water partition coefficient (Wildman–Crippen LogP) is 2.22. The Labute approximate surface area is 116 Å². The number of furan rings is 1. The normalized spacial score (nSPS) is 10.6. The second-order valence-corrected chi connectivity index (χ2v) is 4.58. The zero-order chi connectivity index (χ0) is 14.7. The highest BCUT2D eigenvalue weighted by molar-refractivity contribution is 5.92. The summed E-state index contributed by atoms with van der Waals surface area (Å²) in [5, 5.41) is 0. The molecule has 0 bridgehead atoms. The van der Waals surface area contributed by atoms with Crippen molar-refractivity contribution in [2.75, 3.05) is 6.61 Å². The number of hydrogen-bond donors (Lipinski definition) is 0. The molecule has 0 saturated heterocycles. The Morgan fingerprint density at radius 2 is 2.00 bits per heavy atom. The van der Waals surface area contributed by atoms with Crippen molar-refractivity contribution in [3.05, 3.63) is 57.4 Å². The third-order valence-corrected chi connectivity index (χ3v) is 3.23. The van der Waals surface area contributed by atoms with Gasteiger partial charge >= 0.3 is 5.97 Å². The van der Waals surface area contributed by atoms with Crippen molar-refractivity contribution >= 4 is 5.97 Å². The van der Waals surface area contributed by atoms with Crippen molar-refractivity contribution in [2.45, 2.75) is 27.3 Å². The van der Waals surface area contributed by atoms with Gasteiger partial charge in [-0.15, -0.1) is 0 Å². The molecule has 0 amide bonds. The molecule has 2 aromatic rings. The van der Waals surface area contributed by atoms with Crippen LogP contribution in [0.2, 0.25) is 0 Å². The molecule has 0 fully saturated rings. The highest BCUT2D eigenvalue weighted by Crippen LogP contribution is 2.21. The number of esters is 1. The summed E-state index contributed by atoms with van der Waals surface area (Å²) in [4.78, 5) is 23.5. The van der Waals surface area contributed by atoms with E-state index in [4.69, 9.17) is 9.15 Å². The number of ether oxygens (including phenoxy) is 1. The number of pyridine rings is 1. The molecule has 0 N–H and O–H groups in total. The summed E-state index contributed by atoms with van der Waals surface area (Å²) < 4.78 is 12.1. The maximum Gasteiger partial charge on any atom is 0.342 e. The molecule has 0 unspecified atom stereocenters. The van der Waals surface area contributed by atoms with Crippen LogP contribution >= 0.6 is 0 Å². The molecule has 0 radical (unpaired) electrons. The van der Waals surface area contributed by atoms with E-state index >= 15 is 0 Å². The molecule has 0 aromatic carbocycles. The first kappa shape index (κ1) is 14.1. The van der Waals surface area contributed by atoms with Gasteiger partial charge in [0.15, 0.2) is 0 Å². The predicted molar refractivity (Wildman–Crippen MR) is 73.9 cm³/mol. The van der Waals surface area contributed by atoms with E-state index in [0.29, 0.717) is 23.6 Å². The van der Waals surface area contributed by atoms with E-state index in [1.54, 1.807) is 25.3 Å². The molecule has 2 aromatic heterocycles. The van der Waals surface area contributed by atoms with Gasteiger partial charge in [-0.1, -0.05) is 6.07 Å². The lowest BCUT2D eigenvalue weighted by Gasteiger charge is -2.07. The van der Waals surface area contributed by atoms with Crippen LogP contribution in [0, 0.1) is 20.8 Å². The van der Waals surface area contributed by atoms with Crippen molar-refractivity contribution in [2.24, 2.45) is 0 Å². The van der Waals surface area contributed by atoms with Crippen LogP contribution in [0.4, 0.5) is 0 Å². The summed E-state index contributed by atoms with van der Waals surface area (Å²) in [6.07, 6.45) is 1.66. The van der Waals surface area contributed by atoms with Gasteiger partial charge in [0.05, 0.1) is 6.54 Å². The first-order valence-electron chi connectivity index (χ1n) is 6.40. The van der Waals surface area contributed by atoms with Crippen molar-refractivity contribution in [3.63, 3.8) is 0 Å². The molecule has 5 nitrogen and oxygen atoms in total. The van der Waals surface area contributed by atoms with Crippen LogP contribution in [-0.2, 0) is 11.3 Å². The smallest absolute Gasteiger partial charge is 0.342 e. The van der Waals surface area contributed by atoms with Gasteiger partial charge in [0.25, 0.3) is 5.56 Å². The van der Waals surface area contributed by atoms with E-state index in [2.05, 4.69) is 0 Å². The van der Waals surface area contributed by atoms with E-state index in [1.807, 2.05) is 13.8 Å². The Hall–Kier alpha value is -2.30. The van der Waals surface area contributed by atoms with Crippen LogP contribution in [-0.4, -0.2) is 17.1 Å². The van der Waals surface area contributed by atoms with Crippen molar-refractivity contribution < 1.29 is 13.9 Å². The number of hydrogen-bond acceptors (Lipinski definition) is 4. The molecule has 0 spiro atoms. The minimum Gasteiger partial charge on any atom is -0.465 e. The summed E-state index contributed by atoms with van der Waals surface area (Å²) >= 11 is 0. The van der Waals surface area contributed by atoms with Gasteiger partial charge in [-0.25, -0.2) is 4.79 Å². The second kappa shape index (κ2) is 5.77. The zero-order valence-corrected chi connectivity index (χ0v) is 11.8. The number of rotatable bonds is 4. The van der Waals surface area contributed by atoms with E-state index < -0.39 is 5.97 Å². The molecule has 0 aliphatic rings. The fourth-order valence-corrected chi connectivity index (χ4v) is 2.05. The monoisotopic (exact) mass is 275 g/mol. The SMILES string of the molecule is Cc1oc(C)c(C(=O)OCCn2ccccc2=O)c1C. The average Bonchev–Trinajstić information content (AvgIpc) is 2.65. The maximum atomic E-state index is 12.0. The third kappa shape index (κ3) is 2.82. The Kier molecular flexibility index (Phi) is 4.08. The summed E-state index contributed by atoms with van der Waals surface area (Å²) in [7, 11) is 0. The minimum absolute atomic E-state index is 0.116. The van der Waals surface area contributed by atoms with Gasteiger partial charge in [0.1, 0.15) is 23.7 Å². The highest BCUT2D eigenvalue weighted by atomic mass is 16.5. The average molecular weight is 275 g/mol. The molecule has 2 rings (SSSR count). The molecule has 0 aliphatic carbocycles. The first-order chi connectivity index (χ1) is 9.50. The fourth-order valence-electron chi connectivity index (χ4n) is 2.05. The molecule has 106 valence electrons. The molecule has 2 heterocycles. The van der Waals surface area contributed by atoms with Crippen LogP contribution in [0.3, 0.4) is 0 Å². The lowest BCUT2D eigenvalue weighted by atomic mass is 10.1. The Bertz CT molecular complexity index is 681. The number of carbonyl (C=O) groups is 1.